The Balaban J connectivity index is 2.56. The summed E-state index contributed by atoms with van der Waals surface area (Å²) in [6.45, 7) is 0. The van der Waals surface area contributed by atoms with E-state index in [2.05, 4.69) is 20.9 Å². The highest BCUT2D eigenvalue weighted by atomic mass is 79.9. The minimum absolute atomic E-state index is 0.163. The number of nitrogens with one attached hydrogen (secondary N) is 1. The van der Waals surface area contributed by atoms with Crippen molar-refractivity contribution in [3.8, 4) is 11.4 Å². The molecule has 0 atom stereocenters. The molecule has 0 saturated heterocycles. The number of hydrogen-bond acceptors (Lipinski definition) is 1. The summed E-state index contributed by atoms with van der Waals surface area (Å²) in [6, 6.07) is 3.12. The summed E-state index contributed by atoms with van der Waals surface area (Å²) in [5.41, 5.74) is -2.73. The molecule has 0 aliphatic heterocycles. The van der Waals surface area contributed by atoms with Gasteiger partial charge in [0.1, 0.15) is 11.5 Å². The fraction of sp³-hybridized carbons (Fsp3) is 0.182. The van der Waals surface area contributed by atoms with Crippen molar-refractivity contribution in [1.29, 1.82) is 0 Å². The van der Waals surface area contributed by atoms with Gasteiger partial charge < -0.3 is 4.98 Å². The Kier molecular flexibility index (Phi) is 3.57. The van der Waals surface area contributed by atoms with Crippen molar-refractivity contribution in [3.05, 3.63) is 40.1 Å². The number of halogens is 7. The molecule has 0 spiro atoms. The summed E-state index contributed by atoms with van der Waals surface area (Å²) in [7, 11) is 0. The molecular weight excluding hydrogens is 354 g/mol. The zero-order valence-electron chi connectivity index (χ0n) is 9.40. The molecular formula is C11H5BrF6N2. The molecule has 0 amide bonds. The van der Waals surface area contributed by atoms with Gasteiger partial charge in [-0.1, -0.05) is 15.9 Å². The van der Waals surface area contributed by atoms with Crippen LogP contribution >= 0.6 is 15.9 Å². The Bertz CT molecular complexity index is 629. The van der Waals surface area contributed by atoms with E-state index in [1.54, 1.807) is 0 Å². The molecule has 0 fully saturated rings. The fourth-order valence-corrected chi connectivity index (χ4v) is 1.92. The van der Waals surface area contributed by atoms with Crippen molar-refractivity contribution in [2.45, 2.75) is 12.4 Å². The van der Waals surface area contributed by atoms with Crippen LogP contribution < -0.4 is 0 Å². The van der Waals surface area contributed by atoms with Crippen LogP contribution in [0.3, 0.4) is 0 Å². The number of H-pyrrole nitrogens is 1. The van der Waals surface area contributed by atoms with Gasteiger partial charge in [0.05, 0.1) is 11.8 Å². The summed E-state index contributed by atoms with van der Waals surface area (Å²) in [6.07, 6.45) is -8.94. The van der Waals surface area contributed by atoms with Crippen LogP contribution in [-0.4, -0.2) is 9.97 Å². The summed E-state index contributed by atoms with van der Waals surface area (Å²) in [5.74, 6) is -0.489. The van der Waals surface area contributed by atoms with Gasteiger partial charge in [-0.15, -0.1) is 0 Å². The normalized spacial score (nSPS) is 12.8. The third-order valence-corrected chi connectivity index (χ3v) is 2.92. The average Bonchev–Trinajstić information content (AvgIpc) is 2.76. The lowest BCUT2D eigenvalue weighted by Gasteiger charge is -2.11. The minimum atomic E-state index is -4.70. The van der Waals surface area contributed by atoms with Gasteiger partial charge in [0.25, 0.3) is 0 Å². The van der Waals surface area contributed by atoms with Crippen LogP contribution in [0.25, 0.3) is 11.4 Å². The number of benzene rings is 1. The predicted octanol–water partition coefficient (Wildman–Crippen LogP) is 4.88. The Morgan fingerprint density at radius 3 is 2.15 bits per heavy atom. The van der Waals surface area contributed by atoms with Gasteiger partial charge >= 0.3 is 12.4 Å². The molecule has 0 saturated carbocycles. The highest BCUT2D eigenvalue weighted by Crippen LogP contribution is 2.38. The molecule has 1 heterocycles. The van der Waals surface area contributed by atoms with Crippen molar-refractivity contribution in [2.24, 2.45) is 0 Å². The van der Waals surface area contributed by atoms with Crippen molar-refractivity contribution >= 4 is 15.9 Å². The lowest BCUT2D eigenvalue weighted by atomic mass is 10.1. The molecule has 108 valence electrons. The van der Waals surface area contributed by atoms with Crippen LogP contribution in [0.1, 0.15) is 11.3 Å². The van der Waals surface area contributed by atoms with E-state index in [1.165, 1.54) is 6.07 Å². The van der Waals surface area contributed by atoms with Gasteiger partial charge in [-0.2, -0.15) is 26.3 Å². The lowest BCUT2D eigenvalue weighted by Crippen LogP contribution is -2.08. The minimum Gasteiger partial charge on any atom is -0.334 e. The highest BCUT2D eigenvalue weighted by Gasteiger charge is 2.36. The molecule has 0 aliphatic rings. The summed E-state index contributed by atoms with van der Waals surface area (Å²) in [4.78, 5) is 5.22. The van der Waals surface area contributed by atoms with Crippen molar-refractivity contribution in [1.82, 2.24) is 9.97 Å². The second kappa shape index (κ2) is 4.80. The molecule has 0 unspecified atom stereocenters. The lowest BCUT2D eigenvalue weighted by molar-refractivity contribution is -0.140. The van der Waals surface area contributed by atoms with Gasteiger partial charge in [-0.25, -0.2) is 4.98 Å². The zero-order valence-corrected chi connectivity index (χ0v) is 11.0. The van der Waals surface area contributed by atoms with Crippen LogP contribution in [-0.2, 0) is 12.4 Å². The van der Waals surface area contributed by atoms with Crippen LogP contribution in [0.15, 0.2) is 28.9 Å². The number of aromatic nitrogens is 2. The van der Waals surface area contributed by atoms with Gasteiger partial charge in [0.2, 0.25) is 0 Å². The first-order valence-corrected chi connectivity index (χ1v) is 5.87. The Morgan fingerprint density at radius 2 is 1.65 bits per heavy atom. The molecule has 0 aliphatic carbocycles. The summed E-state index contributed by atoms with van der Waals surface area (Å²) >= 11 is 2.89. The van der Waals surface area contributed by atoms with E-state index in [9.17, 15) is 26.3 Å². The molecule has 2 nitrogen and oxygen atoms in total. The Morgan fingerprint density at radius 1 is 1.00 bits per heavy atom. The monoisotopic (exact) mass is 358 g/mol. The number of nitrogens with zero attached hydrogens (tertiary/aromatic N) is 1. The highest BCUT2D eigenvalue weighted by molar-refractivity contribution is 9.10. The van der Waals surface area contributed by atoms with Crippen LogP contribution in [0.5, 0.6) is 0 Å². The maximum absolute atomic E-state index is 12.9. The van der Waals surface area contributed by atoms with Gasteiger partial charge in [0, 0.05) is 10.0 Å². The van der Waals surface area contributed by atoms with E-state index in [-0.39, 0.29) is 4.47 Å². The molecule has 2 aromatic rings. The maximum Gasteiger partial charge on any atom is 0.432 e. The van der Waals surface area contributed by atoms with E-state index in [4.69, 9.17) is 0 Å². The Hall–Kier alpha value is -1.51. The standard InChI is InChI=1S/C11H5BrF6N2/c12-5-1-2-6(7(3-5)10(13,14)15)9-19-4-8(20-9)11(16,17)18/h1-4H,(H,19,20). The van der Waals surface area contributed by atoms with Crippen molar-refractivity contribution in [2.75, 3.05) is 0 Å². The molecule has 0 bridgehead atoms. The second-order valence-corrected chi connectivity index (χ2v) is 4.75. The third-order valence-electron chi connectivity index (χ3n) is 2.42. The van der Waals surface area contributed by atoms with E-state index in [0.717, 1.165) is 12.1 Å². The number of alkyl halides is 6. The van der Waals surface area contributed by atoms with E-state index in [1.807, 2.05) is 4.98 Å². The van der Waals surface area contributed by atoms with Gasteiger partial charge in [-0.3, -0.25) is 0 Å². The number of imidazole rings is 1. The summed E-state index contributed by atoms with van der Waals surface area (Å²) in [5, 5.41) is 0. The second-order valence-electron chi connectivity index (χ2n) is 3.83. The maximum atomic E-state index is 12.9. The van der Waals surface area contributed by atoms with E-state index in [0.29, 0.717) is 6.20 Å². The number of hydrogen-bond donors (Lipinski definition) is 1. The molecule has 20 heavy (non-hydrogen) atoms. The SMILES string of the molecule is FC(F)(F)c1cnc(-c2ccc(Br)cc2C(F)(F)F)[nH]1. The largest absolute Gasteiger partial charge is 0.432 e. The van der Waals surface area contributed by atoms with E-state index < -0.39 is 35.0 Å². The smallest absolute Gasteiger partial charge is 0.334 e. The quantitative estimate of drug-likeness (QED) is 0.723. The van der Waals surface area contributed by atoms with Crippen molar-refractivity contribution in [3.63, 3.8) is 0 Å². The Labute approximate surface area is 117 Å². The van der Waals surface area contributed by atoms with Crippen molar-refractivity contribution < 1.29 is 26.3 Å². The number of aromatic amines is 1. The first kappa shape index (κ1) is 14.9. The average molecular weight is 359 g/mol. The van der Waals surface area contributed by atoms with Crippen LogP contribution in [0.4, 0.5) is 26.3 Å². The van der Waals surface area contributed by atoms with Crippen LogP contribution in [0, 0.1) is 0 Å². The van der Waals surface area contributed by atoms with Gasteiger partial charge in [-0.05, 0) is 18.2 Å². The van der Waals surface area contributed by atoms with Crippen LogP contribution in [0.2, 0.25) is 0 Å². The van der Waals surface area contributed by atoms with Gasteiger partial charge in [0.15, 0.2) is 0 Å². The molecule has 1 aromatic heterocycles. The molecule has 1 N–H and O–H groups in total. The number of rotatable bonds is 1. The zero-order chi connectivity index (χ0) is 15.1. The first-order valence-electron chi connectivity index (χ1n) is 5.08. The topological polar surface area (TPSA) is 28.7 Å². The molecule has 9 heteroatoms. The summed E-state index contributed by atoms with van der Waals surface area (Å²) < 4.78 is 76.0. The molecule has 1 aromatic carbocycles. The molecule has 0 radical (unpaired) electrons. The third kappa shape index (κ3) is 2.97. The fourth-order valence-electron chi connectivity index (χ4n) is 1.56. The first-order chi connectivity index (χ1) is 9.09. The van der Waals surface area contributed by atoms with E-state index >= 15 is 0 Å². The molecule has 2 rings (SSSR count). The predicted molar refractivity (Wildman–Crippen MR) is 61.7 cm³/mol.